The average molecular weight is 335 g/mol. The number of carbonyl (C=O) groups excluding carboxylic acids is 1. The van der Waals surface area contributed by atoms with Crippen molar-refractivity contribution in [2.75, 3.05) is 5.32 Å². The molecule has 24 heavy (non-hydrogen) atoms. The van der Waals surface area contributed by atoms with Gasteiger partial charge in [-0.25, -0.2) is 0 Å². The van der Waals surface area contributed by atoms with Gasteiger partial charge in [-0.3, -0.25) is 4.79 Å². The van der Waals surface area contributed by atoms with E-state index in [9.17, 15) is 23.1 Å². The molecule has 0 radical (unpaired) electrons. The number of rotatable bonds is 4. The summed E-state index contributed by atoms with van der Waals surface area (Å²) < 4.78 is 37.4. The smallest absolute Gasteiger partial charge is 0.389 e. The second kappa shape index (κ2) is 7.31. The topological polar surface area (TPSA) is 49.3 Å². The summed E-state index contributed by atoms with van der Waals surface area (Å²) in [5.74, 6) is -0.442. The summed E-state index contributed by atoms with van der Waals surface area (Å²) >= 11 is 0. The van der Waals surface area contributed by atoms with Gasteiger partial charge >= 0.3 is 6.18 Å². The summed E-state index contributed by atoms with van der Waals surface area (Å²) in [4.78, 5) is 11.9. The van der Waals surface area contributed by atoms with E-state index in [1.165, 1.54) is 24.3 Å². The molecule has 2 rings (SSSR count). The maximum absolute atomic E-state index is 12.5. The van der Waals surface area contributed by atoms with Crippen molar-refractivity contribution in [3.63, 3.8) is 0 Å². The number of hydrogen-bond acceptors (Lipinski definition) is 2. The van der Waals surface area contributed by atoms with Gasteiger partial charge in [-0.05, 0) is 36.8 Å². The van der Waals surface area contributed by atoms with Crippen LogP contribution < -0.4 is 5.32 Å². The molecule has 2 aromatic carbocycles. The fourth-order valence-electron chi connectivity index (χ4n) is 2.10. The third kappa shape index (κ3) is 4.70. The molecule has 1 amide bonds. The fourth-order valence-corrected chi connectivity index (χ4v) is 2.10. The summed E-state index contributed by atoms with van der Waals surface area (Å²) in [5.41, 5.74) is 0.792. The molecular weight excluding hydrogens is 319 g/mol. The van der Waals surface area contributed by atoms with Crippen LogP contribution in [0, 0.1) is 0 Å². The number of amides is 1. The summed E-state index contributed by atoms with van der Waals surface area (Å²) in [6.07, 6.45) is -2.48. The summed E-state index contributed by atoms with van der Waals surface area (Å²) in [5, 5.41) is 12.3. The van der Waals surface area contributed by atoms with E-state index in [0.717, 1.165) is 12.1 Å². The van der Waals surface area contributed by atoms with Crippen LogP contribution in [0.15, 0.2) is 54.6 Å². The zero-order valence-electron chi connectivity index (χ0n) is 12.8. The lowest BCUT2D eigenvalue weighted by molar-refractivity contribution is -0.137. The number of benzene rings is 2. The van der Waals surface area contributed by atoms with Crippen molar-refractivity contribution in [1.29, 1.82) is 0 Å². The van der Waals surface area contributed by atoms with E-state index < -0.39 is 23.8 Å². The molecule has 3 nitrogen and oxygen atoms in total. The fraction of sp³-hybridized carbons (Fsp3) is 0.167. The van der Waals surface area contributed by atoms with Crippen LogP contribution in [0.4, 0.5) is 18.9 Å². The van der Waals surface area contributed by atoms with Gasteiger partial charge in [0.25, 0.3) is 0 Å². The van der Waals surface area contributed by atoms with Crippen molar-refractivity contribution in [3.05, 3.63) is 71.3 Å². The lowest BCUT2D eigenvalue weighted by Gasteiger charge is -2.11. The lowest BCUT2D eigenvalue weighted by Crippen LogP contribution is -2.10. The minimum Gasteiger partial charge on any atom is -0.389 e. The third-order valence-corrected chi connectivity index (χ3v) is 3.33. The Hall–Kier alpha value is -2.60. The molecule has 6 heteroatoms. The van der Waals surface area contributed by atoms with Crippen LogP contribution in [-0.4, -0.2) is 11.0 Å². The van der Waals surface area contributed by atoms with Crippen molar-refractivity contribution < 1.29 is 23.1 Å². The Balaban J connectivity index is 2.06. The number of hydrogen-bond donors (Lipinski definition) is 2. The Bertz CT molecular complexity index is 735. The number of halogens is 3. The highest BCUT2D eigenvalue weighted by Crippen LogP contribution is 2.29. The van der Waals surface area contributed by atoms with Gasteiger partial charge in [0.15, 0.2) is 0 Å². The molecule has 0 saturated heterocycles. The molecule has 0 spiro atoms. The Morgan fingerprint density at radius 3 is 2.33 bits per heavy atom. The largest absolute Gasteiger partial charge is 0.416 e. The highest BCUT2D eigenvalue weighted by atomic mass is 19.4. The summed E-state index contributed by atoms with van der Waals surface area (Å²) in [7, 11) is 0. The SMILES string of the molecule is CC(O)c1ccccc1NC(=O)/C=C/c1ccc(C(F)(F)F)cc1. The molecule has 0 fully saturated rings. The van der Waals surface area contributed by atoms with Crippen LogP contribution in [0.25, 0.3) is 6.08 Å². The normalized spacial score (nSPS) is 13.0. The van der Waals surface area contributed by atoms with Crippen molar-refractivity contribution in [2.45, 2.75) is 19.2 Å². The minimum atomic E-state index is -4.38. The molecule has 0 aliphatic heterocycles. The van der Waals surface area contributed by atoms with E-state index in [-0.39, 0.29) is 0 Å². The monoisotopic (exact) mass is 335 g/mol. The highest BCUT2D eigenvalue weighted by molar-refractivity contribution is 6.02. The van der Waals surface area contributed by atoms with Gasteiger partial charge in [0, 0.05) is 17.3 Å². The summed E-state index contributed by atoms with van der Waals surface area (Å²) in [6, 6.07) is 11.3. The standard InChI is InChI=1S/C18H16F3NO2/c1-12(23)15-4-2-3-5-16(15)22-17(24)11-8-13-6-9-14(10-7-13)18(19,20)21/h2-12,23H,1H3,(H,22,24)/b11-8+. The first-order valence-corrected chi connectivity index (χ1v) is 7.20. The number of alkyl halides is 3. The average Bonchev–Trinajstić information content (AvgIpc) is 2.53. The second-order valence-corrected chi connectivity index (χ2v) is 5.21. The predicted octanol–water partition coefficient (Wildman–Crippen LogP) is 4.41. The van der Waals surface area contributed by atoms with Crippen molar-refractivity contribution in [1.82, 2.24) is 0 Å². The molecule has 0 aliphatic carbocycles. The number of aliphatic hydroxyl groups is 1. The maximum Gasteiger partial charge on any atom is 0.416 e. The molecule has 0 aliphatic rings. The van der Waals surface area contributed by atoms with Gasteiger partial charge < -0.3 is 10.4 Å². The van der Waals surface area contributed by atoms with Crippen LogP contribution in [0.3, 0.4) is 0 Å². The van der Waals surface area contributed by atoms with E-state index in [1.807, 2.05) is 0 Å². The molecule has 1 atom stereocenters. The quantitative estimate of drug-likeness (QED) is 0.813. The first-order chi connectivity index (χ1) is 11.3. The van der Waals surface area contributed by atoms with E-state index in [1.54, 1.807) is 31.2 Å². The number of carbonyl (C=O) groups is 1. The molecule has 0 saturated carbocycles. The van der Waals surface area contributed by atoms with E-state index in [4.69, 9.17) is 0 Å². The predicted molar refractivity (Wildman–Crippen MR) is 86.2 cm³/mol. The van der Waals surface area contributed by atoms with Gasteiger partial charge in [0.2, 0.25) is 5.91 Å². The van der Waals surface area contributed by atoms with Crippen molar-refractivity contribution >= 4 is 17.7 Å². The lowest BCUT2D eigenvalue weighted by atomic mass is 10.1. The Morgan fingerprint density at radius 2 is 1.75 bits per heavy atom. The molecule has 2 N–H and O–H groups in total. The van der Waals surface area contributed by atoms with Crippen molar-refractivity contribution in [3.8, 4) is 0 Å². The Morgan fingerprint density at radius 1 is 1.12 bits per heavy atom. The summed E-state index contributed by atoms with van der Waals surface area (Å²) in [6.45, 7) is 1.59. The van der Waals surface area contributed by atoms with E-state index in [2.05, 4.69) is 5.32 Å². The number of nitrogens with one attached hydrogen (secondary N) is 1. The highest BCUT2D eigenvalue weighted by Gasteiger charge is 2.29. The van der Waals surface area contributed by atoms with Crippen LogP contribution in [0.1, 0.15) is 29.7 Å². The minimum absolute atomic E-state index is 0.442. The molecule has 0 bridgehead atoms. The zero-order valence-corrected chi connectivity index (χ0v) is 12.8. The van der Waals surface area contributed by atoms with Crippen LogP contribution in [0.5, 0.6) is 0 Å². The first kappa shape index (κ1) is 17.7. The van der Waals surface area contributed by atoms with Gasteiger partial charge in [0.1, 0.15) is 0 Å². The van der Waals surface area contributed by atoms with E-state index >= 15 is 0 Å². The maximum atomic E-state index is 12.5. The Labute approximate surface area is 137 Å². The van der Waals surface area contributed by atoms with Crippen LogP contribution in [-0.2, 0) is 11.0 Å². The second-order valence-electron chi connectivity index (χ2n) is 5.21. The van der Waals surface area contributed by atoms with Gasteiger partial charge in [0.05, 0.1) is 11.7 Å². The first-order valence-electron chi connectivity index (χ1n) is 7.20. The van der Waals surface area contributed by atoms with Gasteiger partial charge in [-0.1, -0.05) is 30.3 Å². The third-order valence-electron chi connectivity index (χ3n) is 3.33. The molecule has 0 heterocycles. The van der Waals surface area contributed by atoms with Gasteiger partial charge in [-0.15, -0.1) is 0 Å². The molecule has 126 valence electrons. The van der Waals surface area contributed by atoms with E-state index in [0.29, 0.717) is 16.8 Å². The number of anilines is 1. The molecule has 1 unspecified atom stereocenters. The molecular formula is C18H16F3NO2. The zero-order chi connectivity index (χ0) is 17.7. The molecule has 0 aromatic heterocycles. The van der Waals surface area contributed by atoms with Crippen molar-refractivity contribution in [2.24, 2.45) is 0 Å². The number of para-hydroxylation sites is 1. The van der Waals surface area contributed by atoms with Crippen LogP contribution >= 0.6 is 0 Å². The number of aliphatic hydroxyl groups excluding tert-OH is 1. The molecule has 2 aromatic rings. The van der Waals surface area contributed by atoms with Gasteiger partial charge in [-0.2, -0.15) is 13.2 Å². The Kier molecular flexibility index (Phi) is 5.41. The van der Waals surface area contributed by atoms with Crippen LogP contribution in [0.2, 0.25) is 0 Å².